The van der Waals surface area contributed by atoms with Crippen LogP contribution >= 0.6 is 35.3 Å². The molecule has 0 aliphatic heterocycles. The molecule has 0 aliphatic carbocycles. The van der Waals surface area contributed by atoms with Gasteiger partial charge in [-0.2, -0.15) is 0 Å². The van der Waals surface area contributed by atoms with Gasteiger partial charge < -0.3 is 15.4 Å². The lowest BCUT2D eigenvalue weighted by atomic mass is 10.3. The van der Waals surface area contributed by atoms with E-state index in [1.165, 1.54) is 10.4 Å². The number of halogens is 1. The third-order valence-electron chi connectivity index (χ3n) is 3.23. The van der Waals surface area contributed by atoms with Crippen molar-refractivity contribution in [3.05, 3.63) is 52.2 Å². The summed E-state index contributed by atoms with van der Waals surface area (Å²) in [6.45, 7) is 4.46. The van der Waals surface area contributed by atoms with E-state index < -0.39 is 0 Å². The molecule has 0 atom stereocenters. The van der Waals surface area contributed by atoms with Gasteiger partial charge in [0.05, 0.1) is 13.2 Å². The monoisotopic (exact) mass is 445 g/mol. The molecule has 0 spiro atoms. The molecule has 0 aliphatic rings. The van der Waals surface area contributed by atoms with E-state index >= 15 is 0 Å². The highest BCUT2D eigenvalue weighted by molar-refractivity contribution is 14.0. The maximum atomic E-state index is 5.66. The van der Waals surface area contributed by atoms with Gasteiger partial charge in [0, 0.05) is 18.5 Å². The molecule has 1 aromatic carbocycles. The topological polar surface area (TPSA) is 45.7 Å². The molecule has 0 radical (unpaired) electrons. The van der Waals surface area contributed by atoms with Gasteiger partial charge in [-0.3, -0.25) is 4.99 Å². The van der Waals surface area contributed by atoms with E-state index in [1.54, 1.807) is 18.4 Å². The van der Waals surface area contributed by atoms with Crippen LogP contribution in [0, 0.1) is 6.92 Å². The van der Waals surface area contributed by atoms with Crippen LogP contribution in [-0.2, 0) is 6.54 Å². The molecule has 23 heavy (non-hydrogen) atoms. The average Bonchev–Trinajstić information content (AvgIpc) is 2.96. The van der Waals surface area contributed by atoms with Crippen LogP contribution in [0.2, 0.25) is 0 Å². The maximum Gasteiger partial charge on any atom is 0.191 e. The number of aryl methyl sites for hydroxylation is 1. The molecule has 126 valence electrons. The zero-order valence-corrected chi connectivity index (χ0v) is 16.7. The van der Waals surface area contributed by atoms with Crippen LogP contribution in [0.3, 0.4) is 0 Å². The van der Waals surface area contributed by atoms with Gasteiger partial charge in [-0.25, -0.2) is 0 Å². The van der Waals surface area contributed by atoms with Crippen LogP contribution < -0.4 is 15.4 Å². The molecule has 2 N–H and O–H groups in total. The Kier molecular flexibility index (Phi) is 9.70. The van der Waals surface area contributed by atoms with E-state index in [-0.39, 0.29) is 24.0 Å². The van der Waals surface area contributed by atoms with Crippen molar-refractivity contribution in [2.45, 2.75) is 19.9 Å². The lowest BCUT2D eigenvalue weighted by Crippen LogP contribution is -2.37. The lowest BCUT2D eigenvalue weighted by Gasteiger charge is -2.12. The Bertz CT molecular complexity index is 587. The van der Waals surface area contributed by atoms with E-state index in [4.69, 9.17) is 4.74 Å². The molecule has 0 fully saturated rings. The summed E-state index contributed by atoms with van der Waals surface area (Å²) in [7, 11) is 1.79. The number of thiophene rings is 1. The van der Waals surface area contributed by atoms with Gasteiger partial charge in [0.25, 0.3) is 0 Å². The Morgan fingerprint density at radius 3 is 2.61 bits per heavy atom. The summed E-state index contributed by atoms with van der Waals surface area (Å²) in [4.78, 5) is 5.57. The van der Waals surface area contributed by atoms with Crippen LogP contribution in [-0.4, -0.2) is 26.2 Å². The number of rotatable bonds is 7. The van der Waals surface area contributed by atoms with Gasteiger partial charge in [-0.05, 0) is 42.5 Å². The molecule has 2 rings (SSSR count). The lowest BCUT2D eigenvalue weighted by molar-refractivity contribution is 0.311. The first-order valence-electron chi connectivity index (χ1n) is 7.45. The largest absolute Gasteiger partial charge is 0.494 e. The zero-order valence-electron chi connectivity index (χ0n) is 13.5. The molecular weight excluding hydrogens is 421 g/mol. The number of nitrogens with one attached hydrogen (secondary N) is 2. The summed E-state index contributed by atoms with van der Waals surface area (Å²) in [5.41, 5.74) is 1.32. The van der Waals surface area contributed by atoms with E-state index in [0.717, 1.165) is 31.2 Å². The Morgan fingerprint density at radius 1 is 1.17 bits per heavy atom. The third-order valence-corrected chi connectivity index (χ3v) is 4.26. The molecule has 0 unspecified atom stereocenters. The molecule has 2 aromatic rings. The average molecular weight is 445 g/mol. The van der Waals surface area contributed by atoms with Crippen molar-refractivity contribution in [2.24, 2.45) is 4.99 Å². The summed E-state index contributed by atoms with van der Waals surface area (Å²) in [6.07, 6.45) is 0.924. The van der Waals surface area contributed by atoms with Crippen LogP contribution in [0.4, 0.5) is 0 Å². The van der Waals surface area contributed by atoms with Crippen molar-refractivity contribution in [1.29, 1.82) is 0 Å². The predicted molar refractivity (Wildman–Crippen MR) is 109 cm³/mol. The van der Waals surface area contributed by atoms with Gasteiger partial charge >= 0.3 is 0 Å². The van der Waals surface area contributed by atoms with Crippen molar-refractivity contribution < 1.29 is 4.74 Å². The molecular formula is C17H24IN3OS. The Morgan fingerprint density at radius 2 is 1.96 bits per heavy atom. The minimum Gasteiger partial charge on any atom is -0.494 e. The minimum atomic E-state index is 0. The first-order chi connectivity index (χ1) is 10.8. The number of guanidine groups is 1. The second kappa shape index (κ2) is 11.3. The number of benzene rings is 1. The van der Waals surface area contributed by atoms with Crippen molar-refractivity contribution in [1.82, 2.24) is 10.6 Å². The number of para-hydroxylation sites is 1. The van der Waals surface area contributed by atoms with Gasteiger partial charge in [-0.1, -0.05) is 18.2 Å². The van der Waals surface area contributed by atoms with Crippen molar-refractivity contribution in [3.63, 3.8) is 0 Å². The third kappa shape index (κ3) is 7.22. The fourth-order valence-corrected chi connectivity index (χ4v) is 2.80. The Hall–Kier alpha value is -1.28. The van der Waals surface area contributed by atoms with Gasteiger partial charge in [0.1, 0.15) is 5.75 Å². The van der Waals surface area contributed by atoms with Crippen LogP contribution in [0.1, 0.15) is 16.9 Å². The minimum absolute atomic E-state index is 0. The summed E-state index contributed by atoms with van der Waals surface area (Å²) in [6, 6.07) is 12.0. The summed E-state index contributed by atoms with van der Waals surface area (Å²) in [5, 5.41) is 8.75. The van der Waals surface area contributed by atoms with Crippen LogP contribution in [0.25, 0.3) is 0 Å². The molecule has 4 nitrogen and oxygen atoms in total. The highest BCUT2D eigenvalue weighted by Crippen LogP contribution is 2.14. The van der Waals surface area contributed by atoms with E-state index in [1.807, 2.05) is 30.3 Å². The highest BCUT2D eigenvalue weighted by atomic mass is 127. The molecule has 0 amide bonds. The van der Waals surface area contributed by atoms with Crippen molar-refractivity contribution in [2.75, 3.05) is 20.2 Å². The molecule has 0 bridgehead atoms. The van der Waals surface area contributed by atoms with Gasteiger partial charge in [0.2, 0.25) is 0 Å². The van der Waals surface area contributed by atoms with E-state index in [0.29, 0.717) is 6.61 Å². The molecule has 1 heterocycles. The number of ether oxygens (including phenoxy) is 1. The molecule has 0 saturated carbocycles. The number of hydrogen-bond acceptors (Lipinski definition) is 3. The zero-order chi connectivity index (χ0) is 15.6. The van der Waals surface area contributed by atoms with Crippen LogP contribution in [0.15, 0.2) is 46.8 Å². The fourth-order valence-electron chi connectivity index (χ4n) is 1.96. The number of nitrogens with zero attached hydrogens (tertiary/aromatic N) is 1. The quantitative estimate of drug-likeness (QED) is 0.295. The summed E-state index contributed by atoms with van der Waals surface area (Å²) in [5.74, 6) is 1.74. The van der Waals surface area contributed by atoms with Crippen molar-refractivity contribution in [3.8, 4) is 5.75 Å². The smallest absolute Gasteiger partial charge is 0.191 e. The Balaban J connectivity index is 0.00000264. The summed E-state index contributed by atoms with van der Waals surface area (Å²) >= 11 is 1.77. The second-order valence-corrected chi connectivity index (χ2v) is 5.90. The van der Waals surface area contributed by atoms with Gasteiger partial charge in [0.15, 0.2) is 5.96 Å². The first-order valence-corrected chi connectivity index (χ1v) is 8.33. The number of aliphatic imine (C=N–C) groups is 1. The van der Waals surface area contributed by atoms with E-state index in [9.17, 15) is 0 Å². The van der Waals surface area contributed by atoms with E-state index in [2.05, 4.69) is 34.0 Å². The Labute approximate surface area is 159 Å². The molecule has 1 aromatic heterocycles. The van der Waals surface area contributed by atoms with Gasteiger partial charge in [-0.15, -0.1) is 35.3 Å². The predicted octanol–water partition coefficient (Wildman–Crippen LogP) is 3.81. The first kappa shape index (κ1) is 19.8. The highest BCUT2D eigenvalue weighted by Gasteiger charge is 2.01. The normalized spacial score (nSPS) is 10.8. The van der Waals surface area contributed by atoms with Crippen molar-refractivity contribution >= 4 is 41.3 Å². The number of hydrogen-bond donors (Lipinski definition) is 2. The second-order valence-electron chi connectivity index (χ2n) is 4.89. The fraction of sp³-hybridized carbons (Fsp3) is 0.353. The summed E-state index contributed by atoms with van der Waals surface area (Å²) < 4.78 is 5.66. The maximum absolute atomic E-state index is 5.66. The SMILES string of the molecule is CN=C(NCCCOc1ccccc1)NCc1sccc1C.I. The van der Waals surface area contributed by atoms with Crippen LogP contribution in [0.5, 0.6) is 5.75 Å². The molecule has 6 heteroatoms. The molecule has 0 saturated heterocycles. The standard InChI is InChI=1S/C17H23N3OS.HI/c1-14-9-12-22-16(14)13-20-17(18-2)19-10-6-11-21-15-7-4-3-5-8-15;/h3-5,7-9,12H,6,10-11,13H2,1-2H3,(H2,18,19,20);1H.